The van der Waals surface area contributed by atoms with Gasteiger partial charge in [-0.25, -0.2) is 0 Å². The number of aliphatic imine (C=N–C) groups is 1. The van der Waals surface area contributed by atoms with Gasteiger partial charge >= 0.3 is 6.18 Å². The van der Waals surface area contributed by atoms with Gasteiger partial charge in [0.05, 0.1) is 34.8 Å². The lowest BCUT2D eigenvalue weighted by Crippen LogP contribution is -2.38. The fourth-order valence-electron chi connectivity index (χ4n) is 4.17. The molecule has 0 spiro atoms. The summed E-state index contributed by atoms with van der Waals surface area (Å²) in [5.74, 6) is -0.311. The molecule has 11 heteroatoms. The number of fused-ring (bicyclic) bond motifs is 1. The summed E-state index contributed by atoms with van der Waals surface area (Å²) in [5.41, 5.74) is 0.720. The third-order valence-corrected chi connectivity index (χ3v) is 7.28. The molecule has 0 atom stereocenters. The smallest absolute Gasteiger partial charge is 0.393 e. The van der Waals surface area contributed by atoms with Crippen LogP contribution in [-0.4, -0.2) is 50.1 Å². The lowest BCUT2D eigenvalue weighted by atomic mass is 10.1. The van der Waals surface area contributed by atoms with E-state index in [9.17, 15) is 23.1 Å². The minimum absolute atomic E-state index is 0.0217. The second-order valence-electron chi connectivity index (χ2n) is 8.45. The summed E-state index contributed by atoms with van der Waals surface area (Å²) < 4.78 is 41.9. The van der Waals surface area contributed by atoms with E-state index in [-0.39, 0.29) is 29.1 Å². The van der Waals surface area contributed by atoms with Crippen molar-refractivity contribution in [3.63, 3.8) is 0 Å². The molecule has 0 bridgehead atoms. The van der Waals surface area contributed by atoms with Crippen molar-refractivity contribution in [2.45, 2.75) is 31.7 Å². The lowest BCUT2D eigenvalue weighted by Gasteiger charge is -2.30. The van der Waals surface area contributed by atoms with Crippen molar-refractivity contribution in [1.29, 1.82) is 0 Å². The third-order valence-electron chi connectivity index (χ3n) is 6.01. The van der Waals surface area contributed by atoms with Crippen LogP contribution in [0.15, 0.2) is 52.5 Å². The van der Waals surface area contributed by atoms with Crippen molar-refractivity contribution < 1.29 is 23.1 Å². The Hall–Kier alpha value is -2.82. The Balaban J connectivity index is 1.36. The summed E-state index contributed by atoms with van der Waals surface area (Å²) >= 11 is 7.09. The molecule has 0 aliphatic carbocycles. The van der Waals surface area contributed by atoms with E-state index in [2.05, 4.69) is 10.1 Å². The van der Waals surface area contributed by atoms with E-state index >= 15 is 0 Å². The molecule has 35 heavy (non-hydrogen) atoms. The van der Waals surface area contributed by atoms with Crippen molar-refractivity contribution in [3.05, 3.63) is 69.2 Å². The number of aliphatic hydroxyl groups excluding tert-OH is 1. The second-order valence-corrected chi connectivity index (χ2v) is 9.89. The molecule has 1 amide bonds. The van der Waals surface area contributed by atoms with Crippen LogP contribution >= 0.6 is 23.4 Å². The number of benzene rings is 2. The van der Waals surface area contributed by atoms with Crippen LogP contribution in [0, 0.1) is 0 Å². The topological polar surface area (TPSA) is 70.7 Å². The van der Waals surface area contributed by atoms with Crippen LogP contribution in [-0.2, 0) is 17.5 Å². The Bertz CT molecular complexity index is 1360. The summed E-state index contributed by atoms with van der Waals surface area (Å²) in [6.45, 7) is 1.25. The molecule has 1 saturated heterocycles. The Morgan fingerprint density at radius 1 is 1.17 bits per heavy atom. The first-order valence-electron chi connectivity index (χ1n) is 10.9. The van der Waals surface area contributed by atoms with E-state index in [0.29, 0.717) is 41.5 Å². The van der Waals surface area contributed by atoms with Gasteiger partial charge in [-0.1, -0.05) is 23.7 Å². The highest BCUT2D eigenvalue weighted by molar-refractivity contribution is 8.18. The number of hydrogen-bond donors (Lipinski definition) is 1. The van der Waals surface area contributed by atoms with Crippen LogP contribution in [0.4, 0.5) is 13.2 Å². The van der Waals surface area contributed by atoms with Crippen molar-refractivity contribution in [3.8, 4) is 0 Å². The van der Waals surface area contributed by atoms with Crippen LogP contribution in [0.25, 0.3) is 17.0 Å². The number of thioether (sulfide) groups is 1. The van der Waals surface area contributed by atoms with Gasteiger partial charge in [0.2, 0.25) is 0 Å². The molecule has 1 N–H and O–H groups in total. The minimum Gasteiger partial charge on any atom is -0.393 e. The summed E-state index contributed by atoms with van der Waals surface area (Å²) in [5, 5.41) is 15.4. The van der Waals surface area contributed by atoms with Crippen LogP contribution in [0.5, 0.6) is 0 Å². The highest BCUT2D eigenvalue weighted by Crippen LogP contribution is 2.35. The van der Waals surface area contributed by atoms with Crippen LogP contribution in [0.2, 0.25) is 5.02 Å². The Kier molecular flexibility index (Phi) is 6.37. The predicted octanol–water partition coefficient (Wildman–Crippen LogP) is 5.18. The third kappa shape index (κ3) is 5.10. The summed E-state index contributed by atoms with van der Waals surface area (Å²) in [6, 6.07) is 9.12. The first-order valence-corrected chi connectivity index (χ1v) is 12.1. The number of likely N-dealkylation sites (tertiary alicyclic amines) is 1. The van der Waals surface area contributed by atoms with E-state index in [1.54, 1.807) is 24.4 Å². The van der Waals surface area contributed by atoms with Gasteiger partial charge in [0.1, 0.15) is 0 Å². The number of carbonyl (C=O) groups is 1. The van der Waals surface area contributed by atoms with Gasteiger partial charge in [-0.05, 0) is 66.1 Å². The molecule has 2 aromatic carbocycles. The number of aromatic nitrogens is 2. The Morgan fingerprint density at radius 3 is 2.69 bits per heavy atom. The van der Waals surface area contributed by atoms with Crippen molar-refractivity contribution in [2.24, 2.45) is 4.99 Å². The Labute approximate surface area is 208 Å². The maximum atomic E-state index is 13.5. The number of piperidine rings is 1. The quantitative estimate of drug-likeness (QED) is 0.482. The highest BCUT2D eigenvalue weighted by Gasteiger charge is 2.34. The van der Waals surface area contributed by atoms with Crippen molar-refractivity contribution in [1.82, 2.24) is 14.7 Å². The number of halogens is 4. The molecule has 1 aromatic heterocycles. The minimum atomic E-state index is -4.52. The van der Waals surface area contributed by atoms with Gasteiger partial charge in [0.25, 0.3) is 5.91 Å². The highest BCUT2D eigenvalue weighted by atomic mass is 35.5. The molecule has 5 rings (SSSR count). The second kappa shape index (κ2) is 9.33. The zero-order valence-corrected chi connectivity index (χ0v) is 19.9. The molecule has 0 radical (unpaired) electrons. The SMILES string of the molecule is O=C1N=C(N2CCC(O)CC2)S/C1=C\c1ccc2c(cnn2Cc2ccc(Cl)cc2C(F)(F)F)c1. The van der Waals surface area contributed by atoms with Crippen molar-refractivity contribution >= 4 is 51.4 Å². The fraction of sp³-hybridized carbons (Fsp3) is 0.292. The van der Waals surface area contributed by atoms with E-state index in [1.165, 1.54) is 28.6 Å². The van der Waals surface area contributed by atoms with Crippen LogP contribution in [0.3, 0.4) is 0 Å². The number of rotatable bonds is 3. The van der Waals surface area contributed by atoms with Gasteiger partial charge in [0.15, 0.2) is 5.17 Å². The molecule has 0 saturated carbocycles. The number of aliphatic hydroxyl groups is 1. The van der Waals surface area contributed by atoms with Gasteiger partial charge < -0.3 is 10.0 Å². The number of nitrogens with zero attached hydrogens (tertiary/aromatic N) is 4. The molecule has 2 aliphatic rings. The molecule has 6 nitrogen and oxygen atoms in total. The average molecular weight is 521 g/mol. The zero-order chi connectivity index (χ0) is 24.7. The summed E-state index contributed by atoms with van der Waals surface area (Å²) in [6.07, 6.45) is -0.202. The normalized spacial score (nSPS) is 18.7. The molecule has 0 unspecified atom stereocenters. The molecule has 3 aromatic rings. The first kappa shape index (κ1) is 23.9. The number of amides is 1. The van der Waals surface area contributed by atoms with Gasteiger partial charge in [-0.3, -0.25) is 9.48 Å². The monoisotopic (exact) mass is 520 g/mol. The van der Waals surface area contributed by atoms with E-state index in [4.69, 9.17) is 11.6 Å². The Morgan fingerprint density at radius 2 is 1.94 bits per heavy atom. The van der Waals surface area contributed by atoms with Crippen molar-refractivity contribution in [2.75, 3.05) is 13.1 Å². The number of carbonyl (C=O) groups excluding carboxylic acids is 1. The molecule has 3 heterocycles. The number of alkyl halides is 3. The predicted molar refractivity (Wildman–Crippen MR) is 130 cm³/mol. The first-order chi connectivity index (χ1) is 16.7. The zero-order valence-electron chi connectivity index (χ0n) is 18.3. The van der Waals surface area contributed by atoms with E-state index < -0.39 is 11.7 Å². The maximum absolute atomic E-state index is 13.5. The average Bonchev–Trinajstić information content (AvgIpc) is 3.38. The fourth-order valence-corrected chi connectivity index (χ4v) is 5.31. The standard InChI is InChI=1S/C24H20ClF3N4O2S/c25-17-3-2-15(19(11-17)24(26,27)28)13-32-20-4-1-14(9-16(20)12-29-32)10-21-22(34)30-23(35-21)31-7-5-18(33)6-8-31/h1-4,9-12,18,33H,5-8,13H2/b21-10-. The molecular weight excluding hydrogens is 501 g/mol. The van der Waals surface area contributed by atoms with Crippen LogP contribution < -0.4 is 0 Å². The number of hydrogen-bond acceptors (Lipinski definition) is 5. The summed E-state index contributed by atoms with van der Waals surface area (Å²) in [4.78, 5) is 19.1. The molecular formula is C24H20ClF3N4O2S. The largest absolute Gasteiger partial charge is 0.416 e. The van der Waals surface area contributed by atoms with Crippen LogP contribution in [0.1, 0.15) is 29.5 Å². The molecule has 2 aliphatic heterocycles. The van der Waals surface area contributed by atoms with Gasteiger partial charge in [0, 0.05) is 23.5 Å². The lowest BCUT2D eigenvalue weighted by molar-refractivity contribution is -0.138. The molecule has 182 valence electrons. The summed E-state index contributed by atoms with van der Waals surface area (Å²) in [7, 11) is 0. The van der Waals surface area contributed by atoms with E-state index in [0.717, 1.165) is 17.0 Å². The number of amidine groups is 1. The molecule has 1 fully saturated rings. The van der Waals surface area contributed by atoms with Gasteiger partial charge in [-0.2, -0.15) is 23.3 Å². The van der Waals surface area contributed by atoms with Gasteiger partial charge in [-0.15, -0.1) is 0 Å². The van der Waals surface area contributed by atoms with E-state index in [1.807, 2.05) is 11.0 Å². The maximum Gasteiger partial charge on any atom is 0.416 e.